The Kier molecular flexibility index (Phi) is 7.75. The van der Waals surface area contributed by atoms with Gasteiger partial charge in [0.15, 0.2) is 6.04 Å². The lowest BCUT2D eigenvalue weighted by molar-refractivity contribution is -0.155. The largest absolute Gasteiger partial charge is 0.458 e. The number of hydrogen-bond acceptors (Lipinski definition) is 3. The second kappa shape index (κ2) is 9.30. The maximum Gasteiger partial charge on any atom is 0.333 e. The molecule has 1 aliphatic rings. The van der Waals surface area contributed by atoms with Gasteiger partial charge in [0.25, 0.3) is 0 Å². The van der Waals surface area contributed by atoms with E-state index in [1.54, 1.807) is 32.9 Å². The highest BCUT2D eigenvalue weighted by Gasteiger charge is 2.29. The fourth-order valence-corrected chi connectivity index (χ4v) is 2.48. The number of nitrogens with one attached hydrogen (secondary N) is 2. The van der Waals surface area contributed by atoms with Crippen LogP contribution in [0.4, 0.5) is 4.79 Å². The van der Waals surface area contributed by atoms with Crippen LogP contribution in [-0.4, -0.2) is 29.7 Å². The quantitative estimate of drug-likeness (QED) is 0.576. The highest BCUT2D eigenvalue weighted by molar-refractivity contribution is 5.87. The first-order valence-corrected chi connectivity index (χ1v) is 8.51. The topological polar surface area (TPSA) is 67.4 Å². The van der Waals surface area contributed by atoms with Crippen molar-refractivity contribution in [1.82, 2.24) is 10.6 Å². The monoisotopic (exact) mass is 334 g/mol. The zero-order chi connectivity index (χ0) is 18.2. The molecule has 1 aliphatic carbocycles. The molecule has 24 heavy (non-hydrogen) atoms. The third kappa shape index (κ3) is 7.49. The van der Waals surface area contributed by atoms with E-state index in [9.17, 15) is 9.59 Å². The first-order valence-electron chi connectivity index (χ1n) is 8.51. The molecule has 1 saturated carbocycles. The molecule has 0 aromatic heterocycles. The van der Waals surface area contributed by atoms with Crippen molar-refractivity contribution in [3.63, 3.8) is 0 Å². The third-order valence-corrected chi connectivity index (χ3v) is 3.59. The molecule has 1 rings (SSSR count). The van der Waals surface area contributed by atoms with E-state index < -0.39 is 17.6 Å². The van der Waals surface area contributed by atoms with Crippen molar-refractivity contribution in [3.05, 3.63) is 36.5 Å². The molecule has 2 N–H and O–H groups in total. The van der Waals surface area contributed by atoms with Crippen molar-refractivity contribution < 1.29 is 14.3 Å². The summed E-state index contributed by atoms with van der Waals surface area (Å²) in [4.78, 5) is 24.6. The minimum absolute atomic E-state index is 0.177. The van der Waals surface area contributed by atoms with Gasteiger partial charge in [-0.1, -0.05) is 43.7 Å². The van der Waals surface area contributed by atoms with E-state index in [4.69, 9.17) is 4.74 Å². The second-order valence-electron chi connectivity index (χ2n) is 7.03. The number of hydrogen-bond donors (Lipinski definition) is 2. The molecule has 0 heterocycles. The van der Waals surface area contributed by atoms with Crippen molar-refractivity contribution in [1.29, 1.82) is 0 Å². The third-order valence-electron chi connectivity index (χ3n) is 3.59. The molecule has 0 spiro atoms. The van der Waals surface area contributed by atoms with Crippen LogP contribution in [0.2, 0.25) is 0 Å². The van der Waals surface area contributed by atoms with E-state index in [-0.39, 0.29) is 12.1 Å². The summed E-state index contributed by atoms with van der Waals surface area (Å²) in [5.41, 5.74) is -0.157. The number of ether oxygens (including phenoxy) is 1. The lowest BCUT2D eigenvalue weighted by Crippen LogP contribution is -2.50. The number of esters is 1. The molecule has 0 bridgehead atoms. The summed E-state index contributed by atoms with van der Waals surface area (Å²) in [6, 6.07) is -1.10. The molecule has 0 saturated heterocycles. The predicted molar refractivity (Wildman–Crippen MR) is 96.7 cm³/mol. The van der Waals surface area contributed by atoms with Gasteiger partial charge in [0, 0.05) is 6.04 Å². The Hall–Kier alpha value is -2.04. The zero-order valence-electron chi connectivity index (χ0n) is 15.2. The van der Waals surface area contributed by atoms with Crippen LogP contribution in [0.3, 0.4) is 0 Å². The van der Waals surface area contributed by atoms with Gasteiger partial charge in [0.1, 0.15) is 5.60 Å². The van der Waals surface area contributed by atoms with E-state index >= 15 is 0 Å². The van der Waals surface area contributed by atoms with Crippen molar-refractivity contribution >= 4 is 12.0 Å². The van der Waals surface area contributed by atoms with Gasteiger partial charge in [-0.3, -0.25) is 0 Å². The Morgan fingerprint density at radius 3 is 2.38 bits per heavy atom. The van der Waals surface area contributed by atoms with Gasteiger partial charge >= 0.3 is 12.0 Å². The fourth-order valence-electron chi connectivity index (χ4n) is 2.48. The van der Waals surface area contributed by atoms with Gasteiger partial charge in [0.2, 0.25) is 0 Å². The summed E-state index contributed by atoms with van der Waals surface area (Å²) in [5, 5.41) is 5.61. The van der Waals surface area contributed by atoms with Crippen molar-refractivity contribution in [2.24, 2.45) is 0 Å². The van der Waals surface area contributed by atoms with E-state index in [1.165, 1.54) is 0 Å². The molecule has 5 heteroatoms. The summed E-state index contributed by atoms with van der Waals surface area (Å²) >= 11 is 0. The lowest BCUT2D eigenvalue weighted by Gasteiger charge is -2.25. The molecular weight excluding hydrogens is 304 g/mol. The SMILES string of the molecule is C=C(C=CC=CC)C(NC(=O)NC1CCCC1)C(=O)OC(C)(C)C. The van der Waals surface area contributed by atoms with E-state index in [0.29, 0.717) is 5.57 Å². The van der Waals surface area contributed by atoms with E-state index in [1.807, 2.05) is 19.1 Å². The number of allylic oxidation sites excluding steroid dienone is 3. The Morgan fingerprint density at radius 1 is 1.21 bits per heavy atom. The zero-order valence-corrected chi connectivity index (χ0v) is 15.2. The van der Waals surface area contributed by atoms with Gasteiger partial charge in [-0.05, 0) is 46.1 Å². The van der Waals surface area contributed by atoms with Crippen LogP contribution >= 0.6 is 0 Å². The smallest absolute Gasteiger partial charge is 0.333 e. The van der Waals surface area contributed by atoms with Gasteiger partial charge in [-0.25, -0.2) is 9.59 Å². The van der Waals surface area contributed by atoms with Crippen LogP contribution in [0.5, 0.6) is 0 Å². The van der Waals surface area contributed by atoms with Crippen LogP contribution in [0.25, 0.3) is 0 Å². The van der Waals surface area contributed by atoms with Crippen LogP contribution in [0.1, 0.15) is 53.4 Å². The van der Waals surface area contributed by atoms with E-state index in [2.05, 4.69) is 17.2 Å². The maximum absolute atomic E-state index is 12.4. The fraction of sp³-hybridized carbons (Fsp3) is 0.579. The summed E-state index contributed by atoms with van der Waals surface area (Å²) in [6.07, 6.45) is 11.4. The van der Waals surface area contributed by atoms with Crippen LogP contribution < -0.4 is 10.6 Å². The number of urea groups is 1. The second-order valence-corrected chi connectivity index (χ2v) is 7.03. The molecule has 134 valence electrons. The molecule has 1 unspecified atom stereocenters. The van der Waals surface area contributed by atoms with Gasteiger partial charge in [-0.2, -0.15) is 0 Å². The summed E-state index contributed by atoms with van der Waals surface area (Å²) in [7, 11) is 0. The van der Waals surface area contributed by atoms with Gasteiger partial charge in [0.05, 0.1) is 0 Å². The predicted octanol–water partition coefficient (Wildman–Crippen LogP) is 3.63. The molecule has 5 nitrogen and oxygen atoms in total. The molecule has 0 aliphatic heterocycles. The van der Waals surface area contributed by atoms with Gasteiger partial charge < -0.3 is 15.4 Å². The molecular formula is C19H30N2O3. The normalized spacial score (nSPS) is 17.2. The highest BCUT2D eigenvalue weighted by atomic mass is 16.6. The standard InChI is InChI=1S/C19H30N2O3/c1-6-7-8-11-14(2)16(17(22)24-19(3,4)5)21-18(23)20-15-12-9-10-13-15/h6-8,11,15-16H,2,9-10,12-13H2,1,3-5H3,(H2,20,21,23). The molecule has 0 aromatic rings. The van der Waals surface area contributed by atoms with Crippen molar-refractivity contribution in [2.45, 2.75) is 71.1 Å². The summed E-state index contributed by atoms with van der Waals surface area (Å²) in [6.45, 7) is 11.2. The summed E-state index contributed by atoms with van der Waals surface area (Å²) < 4.78 is 5.40. The number of carbonyl (C=O) groups is 2. The molecule has 2 amide bonds. The van der Waals surface area contributed by atoms with Crippen molar-refractivity contribution in [3.8, 4) is 0 Å². The minimum Gasteiger partial charge on any atom is -0.458 e. The Balaban J connectivity index is 2.76. The van der Waals surface area contributed by atoms with Crippen LogP contribution in [-0.2, 0) is 9.53 Å². The molecule has 1 fully saturated rings. The Morgan fingerprint density at radius 2 is 1.83 bits per heavy atom. The first-order chi connectivity index (χ1) is 11.2. The first kappa shape index (κ1) is 20.0. The number of amides is 2. The summed E-state index contributed by atoms with van der Waals surface area (Å²) in [5.74, 6) is -0.515. The highest BCUT2D eigenvalue weighted by Crippen LogP contribution is 2.18. The van der Waals surface area contributed by atoms with Crippen LogP contribution in [0.15, 0.2) is 36.5 Å². The maximum atomic E-state index is 12.4. The molecule has 0 aromatic carbocycles. The Labute approximate surface area is 145 Å². The average molecular weight is 334 g/mol. The number of carbonyl (C=O) groups excluding carboxylic acids is 2. The van der Waals surface area contributed by atoms with Crippen LogP contribution in [0, 0.1) is 0 Å². The lowest BCUT2D eigenvalue weighted by atomic mass is 10.1. The molecule has 1 atom stereocenters. The minimum atomic E-state index is -0.910. The number of rotatable bonds is 6. The van der Waals surface area contributed by atoms with Gasteiger partial charge in [-0.15, -0.1) is 0 Å². The van der Waals surface area contributed by atoms with Crippen molar-refractivity contribution in [2.75, 3.05) is 0 Å². The Bertz CT molecular complexity index is 509. The van der Waals surface area contributed by atoms with E-state index in [0.717, 1.165) is 25.7 Å². The molecule has 0 radical (unpaired) electrons. The average Bonchev–Trinajstić information content (AvgIpc) is 2.95.